The smallest absolute Gasteiger partial charge is 0.306 e. The predicted molar refractivity (Wildman–Crippen MR) is 270 cm³/mol. The van der Waals surface area contributed by atoms with Gasteiger partial charge in [-0.1, -0.05) is 290 Å². The monoisotopic (exact) mass is 891 g/mol. The van der Waals surface area contributed by atoms with Crippen LogP contribution >= 0.6 is 0 Å². The summed E-state index contributed by atoms with van der Waals surface area (Å²) in [4.78, 5) is 37.9. The van der Waals surface area contributed by atoms with Crippen molar-refractivity contribution in [2.45, 2.75) is 335 Å². The molecule has 1 atom stereocenters. The van der Waals surface area contributed by atoms with Gasteiger partial charge in [0.2, 0.25) is 0 Å². The zero-order valence-corrected chi connectivity index (χ0v) is 42.9. The van der Waals surface area contributed by atoms with Gasteiger partial charge in [-0.15, -0.1) is 0 Å². The molecule has 0 radical (unpaired) electrons. The maximum atomic E-state index is 12.8. The lowest BCUT2D eigenvalue weighted by molar-refractivity contribution is -0.167. The summed E-state index contributed by atoms with van der Waals surface area (Å²) < 4.78 is 16.8. The number of esters is 3. The van der Waals surface area contributed by atoms with E-state index in [0.717, 1.165) is 57.8 Å². The van der Waals surface area contributed by atoms with Crippen LogP contribution in [0.1, 0.15) is 329 Å². The minimum absolute atomic E-state index is 0.0619. The van der Waals surface area contributed by atoms with E-state index >= 15 is 0 Å². The minimum atomic E-state index is -0.759. The fourth-order valence-corrected chi connectivity index (χ4v) is 8.80. The topological polar surface area (TPSA) is 78.9 Å². The highest BCUT2D eigenvalue weighted by atomic mass is 16.6. The molecule has 6 nitrogen and oxygen atoms in total. The van der Waals surface area contributed by atoms with Gasteiger partial charge in [0, 0.05) is 19.3 Å². The van der Waals surface area contributed by atoms with Crippen LogP contribution in [0.4, 0.5) is 0 Å². The van der Waals surface area contributed by atoms with Crippen molar-refractivity contribution in [3.63, 3.8) is 0 Å². The van der Waals surface area contributed by atoms with Crippen LogP contribution in [0.15, 0.2) is 0 Å². The van der Waals surface area contributed by atoms with Gasteiger partial charge in [0.1, 0.15) is 13.2 Å². The molecule has 0 amide bonds. The van der Waals surface area contributed by atoms with E-state index in [1.165, 1.54) is 231 Å². The third-order valence-electron chi connectivity index (χ3n) is 13.1. The van der Waals surface area contributed by atoms with Gasteiger partial charge >= 0.3 is 17.9 Å². The van der Waals surface area contributed by atoms with Crippen molar-refractivity contribution in [1.82, 2.24) is 0 Å². The van der Waals surface area contributed by atoms with Gasteiger partial charge in [0.15, 0.2) is 6.10 Å². The second-order valence-electron chi connectivity index (χ2n) is 19.6. The molecule has 0 spiro atoms. The Balaban J connectivity index is 4.13. The molecule has 0 bridgehead atoms. The summed E-state index contributed by atoms with van der Waals surface area (Å²) in [5.74, 6) is -0.843. The number of unbranched alkanes of at least 4 members (excludes halogenated alkanes) is 42. The van der Waals surface area contributed by atoms with Crippen molar-refractivity contribution in [3.8, 4) is 0 Å². The zero-order valence-electron chi connectivity index (χ0n) is 42.9. The fourth-order valence-electron chi connectivity index (χ4n) is 8.80. The van der Waals surface area contributed by atoms with Crippen LogP contribution in [-0.4, -0.2) is 37.2 Å². The van der Waals surface area contributed by atoms with E-state index < -0.39 is 6.10 Å². The molecule has 0 aliphatic carbocycles. The van der Waals surface area contributed by atoms with Crippen molar-refractivity contribution < 1.29 is 28.6 Å². The van der Waals surface area contributed by atoms with E-state index in [1.54, 1.807) is 0 Å². The Hall–Kier alpha value is -1.59. The SMILES string of the molecule is CCCCCCCCCCCCCCCCCCCCCC(=O)OC[C@@H](COC(=O)CCCCCCCCC)OC(=O)CCCCCCCCCCCCCCCCCCCCC. The number of hydrogen-bond acceptors (Lipinski definition) is 6. The summed E-state index contributed by atoms with van der Waals surface area (Å²) in [5.41, 5.74) is 0. The van der Waals surface area contributed by atoms with Crippen LogP contribution in [0.25, 0.3) is 0 Å². The summed E-state index contributed by atoms with van der Waals surface area (Å²) in [5, 5.41) is 0. The maximum absolute atomic E-state index is 12.8. The van der Waals surface area contributed by atoms with Gasteiger partial charge in [0.05, 0.1) is 0 Å². The lowest BCUT2D eigenvalue weighted by Crippen LogP contribution is -2.30. The summed E-state index contributed by atoms with van der Waals surface area (Å²) in [6.45, 7) is 6.66. The van der Waals surface area contributed by atoms with Crippen LogP contribution in [0, 0.1) is 0 Å². The molecule has 0 N–H and O–H groups in total. The molecule has 0 aromatic rings. The molecule has 63 heavy (non-hydrogen) atoms. The van der Waals surface area contributed by atoms with Crippen molar-refractivity contribution >= 4 is 17.9 Å². The highest BCUT2D eigenvalue weighted by molar-refractivity contribution is 5.71. The fraction of sp³-hybridized carbons (Fsp3) is 0.947. The highest BCUT2D eigenvalue weighted by Crippen LogP contribution is 2.18. The largest absolute Gasteiger partial charge is 0.462 e. The van der Waals surface area contributed by atoms with Gasteiger partial charge in [0.25, 0.3) is 0 Å². The standard InChI is InChI=1S/C57H110O6/c1-4-7-10-13-16-18-20-22-24-26-28-30-32-34-36-38-41-44-47-50-56(59)62-53-54(52-61-55(58)49-46-43-40-15-12-9-6-3)63-57(60)51-48-45-42-39-37-35-33-31-29-27-25-23-21-19-17-14-11-8-5-2/h54H,4-53H2,1-3H3/t54-/m1/s1. The number of carbonyl (C=O) groups excluding carboxylic acids is 3. The molecule has 0 aromatic carbocycles. The molecule has 0 saturated carbocycles. The predicted octanol–water partition coefficient (Wildman–Crippen LogP) is 18.8. The molecule has 0 aliphatic heterocycles. The number of ether oxygens (including phenoxy) is 3. The number of hydrogen-bond donors (Lipinski definition) is 0. The van der Waals surface area contributed by atoms with Gasteiger partial charge < -0.3 is 14.2 Å². The molecule has 6 heteroatoms. The summed E-state index contributed by atoms with van der Waals surface area (Å²) in [7, 11) is 0. The molecule has 0 saturated heterocycles. The second-order valence-corrected chi connectivity index (χ2v) is 19.6. The Morgan fingerprint density at radius 2 is 0.429 bits per heavy atom. The zero-order chi connectivity index (χ0) is 45.8. The van der Waals surface area contributed by atoms with Crippen LogP contribution in [0.3, 0.4) is 0 Å². The Labute approximate surface area is 393 Å². The minimum Gasteiger partial charge on any atom is -0.462 e. The van der Waals surface area contributed by atoms with E-state index in [4.69, 9.17) is 14.2 Å². The Morgan fingerprint density at radius 1 is 0.254 bits per heavy atom. The molecule has 0 aromatic heterocycles. The maximum Gasteiger partial charge on any atom is 0.306 e. The van der Waals surface area contributed by atoms with Crippen molar-refractivity contribution in [2.24, 2.45) is 0 Å². The first-order chi connectivity index (χ1) is 31.0. The van der Waals surface area contributed by atoms with Gasteiger partial charge in [-0.2, -0.15) is 0 Å². The van der Waals surface area contributed by atoms with E-state index in [1.807, 2.05) is 0 Å². The molecule has 0 aliphatic rings. The van der Waals surface area contributed by atoms with E-state index in [-0.39, 0.29) is 31.1 Å². The van der Waals surface area contributed by atoms with Crippen molar-refractivity contribution in [1.29, 1.82) is 0 Å². The lowest BCUT2D eigenvalue weighted by atomic mass is 10.0. The lowest BCUT2D eigenvalue weighted by Gasteiger charge is -2.18. The summed E-state index contributed by atoms with van der Waals surface area (Å²) >= 11 is 0. The highest BCUT2D eigenvalue weighted by Gasteiger charge is 2.19. The van der Waals surface area contributed by atoms with Crippen molar-refractivity contribution in [3.05, 3.63) is 0 Å². The first kappa shape index (κ1) is 61.4. The Bertz CT molecular complexity index is 936. The van der Waals surface area contributed by atoms with Crippen LogP contribution in [-0.2, 0) is 28.6 Å². The van der Waals surface area contributed by atoms with E-state index in [9.17, 15) is 14.4 Å². The summed E-state index contributed by atoms with van der Waals surface area (Å²) in [6, 6.07) is 0. The third-order valence-corrected chi connectivity index (χ3v) is 13.1. The Kier molecular flexibility index (Phi) is 51.7. The number of carbonyl (C=O) groups is 3. The normalized spacial score (nSPS) is 11.9. The molecular formula is C57H110O6. The summed E-state index contributed by atoms with van der Waals surface area (Å²) in [6.07, 6.45) is 58.3. The second kappa shape index (κ2) is 53.0. The average Bonchev–Trinajstić information content (AvgIpc) is 3.28. The van der Waals surface area contributed by atoms with E-state index in [2.05, 4.69) is 20.8 Å². The van der Waals surface area contributed by atoms with Crippen LogP contribution in [0.2, 0.25) is 0 Å². The van der Waals surface area contributed by atoms with Crippen LogP contribution in [0.5, 0.6) is 0 Å². The molecular weight excluding hydrogens is 781 g/mol. The molecule has 374 valence electrons. The first-order valence-electron chi connectivity index (χ1n) is 28.5. The molecule has 0 rings (SSSR count). The van der Waals surface area contributed by atoms with Crippen LogP contribution < -0.4 is 0 Å². The van der Waals surface area contributed by atoms with Gasteiger partial charge in [-0.05, 0) is 19.3 Å². The first-order valence-corrected chi connectivity index (χ1v) is 28.5. The van der Waals surface area contributed by atoms with Gasteiger partial charge in [-0.25, -0.2) is 0 Å². The Morgan fingerprint density at radius 3 is 0.635 bits per heavy atom. The third kappa shape index (κ3) is 51.3. The van der Waals surface area contributed by atoms with Crippen molar-refractivity contribution in [2.75, 3.05) is 13.2 Å². The molecule has 0 fully saturated rings. The van der Waals surface area contributed by atoms with Gasteiger partial charge in [-0.3, -0.25) is 14.4 Å². The van der Waals surface area contributed by atoms with E-state index in [0.29, 0.717) is 19.3 Å². The number of rotatable bonds is 53. The quantitative estimate of drug-likeness (QED) is 0.0344. The average molecular weight is 892 g/mol. The molecule has 0 unspecified atom stereocenters. The molecule has 0 heterocycles.